The largest absolute Gasteiger partial charge is 0.327 e. The third kappa shape index (κ3) is 3.48. The Kier molecular flexibility index (Phi) is 4.94. The molecule has 2 amide bonds. The van der Waals surface area contributed by atoms with Gasteiger partial charge in [0.05, 0.1) is 6.04 Å². The SMILES string of the molecule is CCc1ccc(NC(=O)C(=O)N2CCCC2c2ccccc2)cc1. The number of hydrogen-bond acceptors (Lipinski definition) is 2. The van der Waals surface area contributed by atoms with E-state index in [4.69, 9.17) is 0 Å². The molecule has 2 aromatic rings. The maximum Gasteiger partial charge on any atom is 0.313 e. The molecule has 124 valence electrons. The Morgan fingerprint density at radius 1 is 1.08 bits per heavy atom. The zero-order valence-electron chi connectivity index (χ0n) is 13.9. The first-order chi connectivity index (χ1) is 11.7. The summed E-state index contributed by atoms with van der Waals surface area (Å²) < 4.78 is 0. The minimum Gasteiger partial charge on any atom is -0.327 e. The van der Waals surface area contributed by atoms with E-state index in [1.54, 1.807) is 4.90 Å². The molecule has 1 atom stereocenters. The smallest absolute Gasteiger partial charge is 0.313 e. The van der Waals surface area contributed by atoms with Crippen molar-refractivity contribution >= 4 is 17.5 Å². The number of aryl methyl sites for hydroxylation is 1. The van der Waals surface area contributed by atoms with Crippen LogP contribution in [0.2, 0.25) is 0 Å². The van der Waals surface area contributed by atoms with Gasteiger partial charge in [-0.3, -0.25) is 9.59 Å². The second-order valence-electron chi connectivity index (χ2n) is 6.07. The van der Waals surface area contributed by atoms with Crippen LogP contribution in [0.3, 0.4) is 0 Å². The van der Waals surface area contributed by atoms with E-state index in [9.17, 15) is 9.59 Å². The van der Waals surface area contributed by atoms with Gasteiger partial charge < -0.3 is 10.2 Å². The minimum absolute atomic E-state index is 0.00748. The van der Waals surface area contributed by atoms with Crippen molar-refractivity contribution in [1.29, 1.82) is 0 Å². The molecule has 3 rings (SSSR count). The molecule has 0 radical (unpaired) electrons. The summed E-state index contributed by atoms with van der Waals surface area (Å²) in [5.41, 5.74) is 2.94. The number of likely N-dealkylation sites (tertiary alicyclic amines) is 1. The molecule has 1 unspecified atom stereocenters. The highest BCUT2D eigenvalue weighted by molar-refractivity contribution is 6.39. The van der Waals surface area contributed by atoms with E-state index in [1.807, 2.05) is 54.6 Å². The summed E-state index contributed by atoms with van der Waals surface area (Å²) in [4.78, 5) is 26.6. The quantitative estimate of drug-likeness (QED) is 0.879. The first-order valence-electron chi connectivity index (χ1n) is 8.45. The zero-order chi connectivity index (χ0) is 16.9. The summed E-state index contributed by atoms with van der Waals surface area (Å²) in [6.07, 6.45) is 2.76. The topological polar surface area (TPSA) is 49.4 Å². The molecule has 1 heterocycles. The Morgan fingerprint density at radius 3 is 2.46 bits per heavy atom. The fourth-order valence-electron chi connectivity index (χ4n) is 3.17. The highest BCUT2D eigenvalue weighted by Crippen LogP contribution is 2.31. The Hall–Kier alpha value is -2.62. The molecule has 0 aromatic heterocycles. The van der Waals surface area contributed by atoms with Gasteiger partial charge in [0.25, 0.3) is 0 Å². The molecule has 1 N–H and O–H groups in total. The monoisotopic (exact) mass is 322 g/mol. The van der Waals surface area contributed by atoms with Crippen LogP contribution in [0.5, 0.6) is 0 Å². The molecular formula is C20H22N2O2. The van der Waals surface area contributed by atoms with Gasteiger partial charge in [-0.1, -0.05) is 49.4 Å². The molecule has 1 saturated heterocycles. The average molecular weight is 322 g/mol. The van der Waals surface area contributed by atoms with Gasteiger partial charge in [0.15, 0.2) is 0 Å². The van der Waals surface area contributed by atoms with Crippen molar-refractivity contribution < 1.29 is 9.59 Å². The Morgan fingerprint density at radius 2 is 1.79 bits per heavy atom. The number of benzene rings is 2. The van der Waals surface area contributed by atoms with E-state index in [0.29, 0.717) is 12.2 Å². The Balaban J connectivity index is 1.69. The van der Waals surface area contributed by atoms with E-state index < -0.39 is 11.8 Å². The van der Waals surface area contributed by atoms with Crippen molar-refractivity contribution in [3.63, 3.8) is 0 Å². The molecule has 24 heavy (non-hydrogen) atoms. The van der Waals surface area contributed by atoms with Crippen LogP contribution in [0.1, 0.15) is 36.9 Å². The molecule has 4 heteroatoms. The van der Waals surface area contributed by atoms with E-state index in [1.165, 1.54) is 5.56 Å². The van der Waals surface area contributed by atoms with Crippen LogP contribution < -0.4 is 5.32 Å². The highest BCUT2D eigenvalue weighted by Gasteiger charge is 2.33. The van der Waals surface area contributed by atoms with E-state index in [0.717, 1.165) is 24.8 Å². The van der Waals surface area contributed by atoms with Crippen molar-refractivity contribution in [2.75, 3.05) is 11.9 Å². The van der Waals surface area contributed by atoms with Gasteiger partial charge in [-0.05, 0) is 42.5 Å². The predicted octanol–water partition coefficient (Wildman–Crippen LogP) is 3.55. The van der Waals surface area contributed by atoms with Crippen LogP contribution in [0.25, 0.3) is 0 Å². The van der Waals surface area contributed by atoms with E-state index in [2.05, 4.69) is 12.2 Å². The lowest BCUT2D eigenvalue weighted by molar-refractivity contribution is -0.143. The Bertz CT molecular complexity index is 710. The second-order valence-corrected chi connectivity index (χ2v) is 6.07. The van der Waals surface area contributed by atoms with Gasteiger partial charge in [-0.2, -0.15) is 0 Å². The predicted molar refractivity (Wildman–Crippen MR) is 94.6 cm³/mol. The van der Waals surface area contributed by atoms with Gasteiger partial charge in [0.1, 0.15) is 0 Å². The van der Waals surface area contributed by atoms with Crippen molar-refractivity contribution in [3.8, 4) is 0 Å². The molecule has 0 spiro atoms. The molecule has 2 aromatic carbocycles. The van der Waals surface area contributed by atoms with Gasteiger partial charge in [0.2, 0.25) is 0 Å². The molecule has 0 bridgehead atoms. The van der Waals surface area contributed by atoms with Crippen molar-refractivity contribution in [2.45, 2.75) is 32.2 Å². The van der Waals surface area contributed by atoms with Crippen molar-refractivity contribution in [1.82, 2.24) is 4.90 Å². The molecular weight excluding hydrogens is 300 g/mol. The maximum absolute atomic E-state index is 12.6. The molecule has 1 fully saturated rings. The van der Waals surface area contributed by atoms with Crippen LogP contribution in [-0.4, -0.2) is 23.3 Å². The Labute approximate surface area is 142 Å². The van der Waals surface area contributed by atoms with Crippen LogP contribution in [-0.2, 0) is 16.0 Å². The summed E-state index contributed by atoms with van der Waals surface area (Å²) >= 11 is 0. The van der Waals surface area contributed by atoms with Gasteiger partial charge in [0, 0.05) is 12.2 Å². The lowest BCUT2D eigenvalue weighted by Crippen LogP contribution is -2.39. The van der Waals surface area contributed by atoms with Crippen molar-refractivity contribution in [2.24, 2.45) is 0 Å². The van der Waals surface area contributed by atoms with Crippen LogP contribution in [0.15, 0.2) is 54.6 Å². The number of carbonyl (C=O) groups excluding carboxylic acids is 2. The third-order valence-corrected chi connectivity index (χ3v) is 4.51. The zero-order valence-corrected chi connectivity index (χ0v) is 13.9. The normalized spacial score (nSPS) is 16.9. The van der Waals surface area contributed by atoms with Gasteiger partial charge in [-0.25, -0.2) is 0 Å². The van der Waals surface area contributed by atoms with E-state index in [-0.39, 0.29) is 6.04 Å². The van der Waals surface area contributed by atoms with Crippen LogP contribution in [0, 0.1) is 0 Å². The number of nitrogens with zero attached hydrogens (tertiary/aromatic N) is 1. The average Bonchev–Trinajstić information content (AvgIpc) is 3.12. The van der Waals surface area contributed by atoms with Gasteiger partial charge >= 0.3 is 11.8 Å². The van der Waals surface area contributed by atoms with Crippen molar-refractivity contribution in [3.05, 3.63) is 65.7 Å². The summed E-state index contributed by atoms with van der Waals surface area (Å²) in [6.45, 7) is 2.70. The fraction of sp³-hybridized carbons (Fsp3) is 0.300. The summed E-state index contributed by atoms with van der Waals surface area (Å²) in [6, 6.07) is 17.5. The number of hydrogen-bond donors (Lipinski definition) is 1. The summed E-state index contributed by atoms with van der Waals surface area (Å²) in [5.74, 6) is -1.02. The summed E-state index contributed by atoms with van der Waals surface area (Å²) in [7, 11) is 0. The molecule has 0 saturated carbocycles. The van der Waals surface area contributed by atoms with Crippen LogP contribution >= 0.6 is 0 Å². The summed E-state index contributed by atoms with van der Waals surface area (Å²) in [5, 5.41) is 2.71. The number of anilines is 1. The fourth-order valence-corrected chi connectivity index (χ4v) is 3.17. The molecule has 0 aliphatic carbocycles. The molecule has 1 aliphatic rings. The lowest BCUT2D eigenvalue weighted by Gasteiger charge is -2.24. The third-order valence-electron chi connectivity index (χ3n) is 4.51. The molecule has 1 aliphatic heterocycles. The minimum atomic E-state index is -0.568. The standard InChI is InChI=1S/C20H22N2O2/c1-2-15-10-12-17(13-11-15)21-19(23)20(24)22-14-6-9-18(22)16-7-4-3-5-8-16/h3-5,7-8,10-13,18H,2,6,9,14H2,1H3,(H,21,23). The number of rotatable bonds is 3. The first kappa shape index (κ1) is 16.2. The van der Waals surface area contributed by atoms with Crippen LogP contribution in [0.4, 0.5) is 5.69 Å². The lowest BCUT2D eigenvalue weighted by atomic mass is 10.0. The highest BCUT2D eigenvalue weighted by atomic mass is 16.2. The number of nitrogens with one attached hydrogen (secondary N) is 1. The molecule has 4 nitrogen and oxygen atoms in total. The number of carbonyl (C=O) groups is 2. The first-order valence-corrected chi connectivity index (χ1v) is 8.45. The van der Waals surface area contributed by atoms with E-state index >= 15 is 0 Å². The second kappa shape index (κ2) is 7.30. The maximum atomic E-state index is 12.6. The van der Waals surface area contributed by atoms with Gasteiger partial charge in [-0.15, -0.1) is 0 Å². The number of amides is 2.